The zero-order valence-electron chi connectivity index (χ0n) is 18.6. The maximum Gasteiger partial charge on any atom is 0.492 e. The Labute approximate surface area is 182 Å². The van der Waals surface area contributed by atoms with Crippen LogP contribution in [0.15, 0.2) is 18.2 Å². The largest absolute Gasteiger partial charge is 0.492 e. The van der Waals surface area contributed by atoms with Gasteiger partial charge in [-0.25, -0.2) is 4.79 Å². The van der Waals surface area contributed by atoms with E-state index in [0.717, 1.165) is 11.1 Å². The number of aryl methyl sites for hydroxylation is 1. The Balaban J connectivity index is 2.05. The predicted molar refractivity (Wildman–Crippen MR) is 113 cm³/mol. The van der Waals surface area contributed by atoms with Crippen LogP contribution in [0, 0.1) is 0 Å². The minimum absolute atomic E-state index is 0.0363. The van der Waals surface area contributed by atoms with Crippen LogP contribution in [-0.4, -0.2) is 55.0 Å². The summed E-state index contributed by atoms with van der Waals surface area (Å²) in [7, 11) is -1.14. The zero-order chi connectivity index (χ0) is 23.2. The van der Waals surface area contributed by atoms with Crippen molar-refractivity contribution in [1.29, 1.82) is 0 Å². The summed E-state index contributed by atoms with van der Waals surface area (Å²) in [6.07, 6.45) is -0.819. The molecule has 9 nitrogen and oxygen atoms in total. The van der Waals surface area contributed by atoms with Crippen molar-refractivity contribution in [2.24, 2.45) is 0 Å². The van der Waals surface area contributed by atoms with Crippen molar-refractivity contribution in [3.8, 4) is 0 Å². The topological polar surface area (TPSA) is 120 Å². The molecular weight excluding hydrogens is 405 g/mol. The minimum Gasteiger partial charge on any atom is -0.462 e. The van der Waals surface area contributed by atoms with Crippen molar-refractivity contribution in [1.82, 2.24) is 5.32 Å². The van der Waals surface area contributed by atoms with Crippen LogP contribution >= 0.6 is 0 Å². The minimum atomic E-state index is -1.14. The highest BCUT2D eigenvalue weighted by atomic mass is 16.6. The van der Waals surface area contributed by atoms with Gasteiger partial charge in [0.15, 0.2) is 0 Å². The second-order valence-electron chi connectivity index (χ2n) is 8.35. The van der Waals surface area contributed by atoms with Crippen LogP contribution in [0.25, 0.3) is 0 Å². The molecule has 1 aliphatic rings. The molecule has 2 N–H and O–H groups in total. The number of benzene rings is 1. The molecular formula is C21H30BNO8. The van der Waals surface area contributed by atoms with Gasteiger partial charge >= 0.3 is 25.2 Å². The number of carbonyl (C=O) groups excluding carboxylic acids is 3. The molecule has 170 valence electrons. The number of nitrogens with one attached hydrogen (secondary N) is 1. The molecule has 1 aliphatic heterocycles. The van der Waals surface area contributed by atoms with Gasteiger partial charge in [-0.3, -0.25) is 9.59 Å². The summed E-state index contributed by atoms with van der Waals surface area (Å²) < 4.78 is 21.1. The van der Waals surface area contributed by atoms with Crippen LogP contribution in [0.2, 0.25) is 0 Å². The first-order valence-corrected chi connectivity index (χ1v) is 10.2. The molecule has 0 aromatic heterocycles. The molecule has 1 aromatic rings. The average molecular weight is 435 g/mol. The second kappa shape index (κ2) is 10.6. The Morgan fingerprint density at radius 1 is 1.23 bits per heavy atom. The van der Waals surface area contributed by atoms with Crippen LogP contribution in [0.3, 0.4) is 0 Å². The molecule has 31 heavy (non-hydrogen) atoms. The van der Waals surface area contributed by atoms with E-state index in [2.05, 4.69) is 5.32 Å². The van der Waals surface area contributed by atoms with Gasteiger partial charge in [0, 0.05) is 20.4 Å². The van der Waals surface area contributed by atoms with E-state index < -0.39 is 43.0 Å². The molecule has 0 aliphatic carbocycles. The van der Waals surface area contributed by atoms with Gasteiger partial charge in [0.25, 0.3) is 0 Å². The van der Waals surface area contributed by atoms with Crippen molar-refractivity contribution < 1.29 is 38.3 Å². The molecule has 1 amide bonds. The van der Waals surface area contributed by atoms with E-state index >= 15 is 0 Å². The van der Waals surface area contributed by atoms with Crippen molar-refractivity contribution in [3.05, 3.63) is 29.3 Å². The van der Waals surface area contributed by atoms with Gasteiger partial charge in [0.1, 0.15) is 18.3 Å². The molecule has 0 bridgehead atoms. The van der Waals surface area contributed by atoms with Gasteiger partial charge in [-0.1, -0.05) is 18.2 Å². The van der Waals surface area contributed by atoms with E-state index in [1.165, 1.54) is 13.8 Å². The highest BCUT2D eigenvalue weighted by molar-refractivity contribution is 6.62. The fourth-order valence-corrected chi connectivity index (χ4v) is 3.32. The van der Waals surface area contributed by atoms with E-state index in [1.54, 1.807) is 20.8 Å². The van der Waals surface area contributed by atoms with Gasteiger partial charge in [-0.2, -0.15) is 0 Å². The third kappa shape index (κ3) is 7.88. The molecule has 0 spiro atoms. The van der Waals surface area contributed by atoms with Gasteiger partial charge in [-0.15, -0.1) is 0 Å². The van der Waals surface area contributed by atoms with Crippen LogP contribution in [0.5, 0.6) is 0 Å². The quantitative estimate of drug-likeness (QED) is 0.357. The molecule has 10 heteroatoms. The molecule has 0 radical (unpaired) electrons. The first-order valence-electron chi connectivity index (χ1n) is 10.2. The number of fused-ring (bicyclic) bond motifs is 1. The lowest BCUT2D eigenvalue weighted by atomic mass is 9.75. The Morgan fingerprint density at radius 2 is 1.94 bits per heavy atom. The Morgan fingerprint density at radius 3 is 2.55 bits per heavy atom. The number of amides is 1. The van der Waals surface area contributed by atoms with Gasteiger partial charge in [0.2, 0.25) is 0 Å². The number of rotatable bonds is 8. The number of ether oxygens (including phenoxy) is 3. The molecule has 0 unspecified atom stereocenters. The monoisotopic (exact) mass is 435 g/mol. The molecule has 2 atom stereocenters. The maximum atomic E-state index is 11.9. The second-order valence-corrected chi connectivity index (χ2v) is 8.35. The molecule has 0 saturated heterocycles. The summed E-state index contributed by atoms with van der Waals surface area (Å²) in [5.41, 5.74) is 1.61. The molecule has 2 rings (SSSR count). The van der Waals surface area contributed by atoms with Gasteiger partial charge < -0.3 is 29.2 Å². The highest BCUT2D eigenvalue weighted by Gasteiger charge is 2.37. The van der Waals surface area contributed by atoms with E-state index in [4.69, 9.17) is 18.9 Å². The van der Waals surface area contributed by atoms with Crippen molar-refractivity contribution in [2.45, 2.75) is 65.3 Å². The van der Waals surface area contributed by atoms with E-state index in [-0.39, 0.29) is 13.2 Å². The maximum absolute atomic E-state index is 11.9. The number of esters is 2. The van der Waals surface area contributed by atoms with Gasteiger partial charge in [0.05, 0.1) is 6.10 Å². The fourth-order valence-electron chi connectivity index (χ4n) is 3.32. The van der Waals surface area contributed by atoms with Crippen LogP contribution in [0.1, 0.15) is 58.3 Å². The third-order valence-electron chi connectivity index (χ3n) is 4.49. The van der Waals surface area contributed by atoms with E-state index in [9.17, 15) is 19.4 Å². The Hall–Kier alpha value is -2.59. The lowest BCUT2D eigenvalue weighted by Gasteiger charge is -2.21. The summed E-state index contributed by atoms with van der Waals surface area (Å²) >= 11 is 0. The number of hydrogen-bond donors (Lipinski definition) is 2. The lowest BCUT2D eigenvalue weighted by Crippen LogP contribution is -2.35. The lowest BCUT2D eigenvalue weighted by molar-refractivity contribution is -0.156. The fraction of sp³-hybridized carbons (Fsp3) is 0.571. The third-order valence-corrected chi connectivity index (χ3v) is 4.49. The Bertz CT molecular complexity index is 807. The number of hydrogen-bond acceptors (Lipinski definition) is 8. The average Bonchev–Trinajstić information content (AvgIpc) is 2.97. The predicted octanol–water partition coefficient (Wildman–Crippen LogP) is 1.40. The van der Waals surface area contributed by atoms with Crippen molar-refractivity contribution >= 4 is 30.6 Å². The van der Waals surface area contributed by atoms with Crippen LogP contribution < -0.4 is 10.8 Å². The number of carbonyl (C=O) groups is 3. The normalized spacial score (nSPS) is 16.3. The Kier molecular flexibility index (Phi) is 8.47. The van der Waals surface area contributed by atoms with Gasteiger partial charge in [-0.05, 0) is 50.2 Å². The van der Waals surface area contributed by atoms with E-state index in [1.807, 2.05) is 18.2 Å². The first kappa shape index (κ1) is 24.7. The van der Waals surface area contributed by atoms with Crippen molar-refractivity contribution in [3.63, 3.8) is 0 Å². The van der Waals surface area contributed by atoms with Crippen molar-refractivity contribution in [2.75, 3.05) is 13.2 Å². The summed E-state index contributed by atoms with van der Waals surface area (Å²) in [5.74, 6) is -0.922. The standard InChI is InChI=1S/C21H30BNO8/c1-13(24)28-12-16(29-14(2)25)10-9-15-7-6-8-17-18(31-22(27)19(15)17)11-23-20(26)30-21(3,4)5/h6-8,16,18,27H,9-12H2,1-5H3,(H,23,26)/t16-,18+/m0/s1. The molecule has 1 aromatic carbocycles. The SMILES string of the molecule is CC(=O)OC[C@H](CCc1cccc2c1B(O)O[C@@H]2CNC(=O)OC(C)(C)C)OC(C)=O. The summed E-state index contributed by atoms with van der Waals surface area (Å²) in [6.45, 7) is 8.00. The van der Waals surface area contributed by atoms with Crippen LogP contribution in [0.4, 0.5) is 4.79 Å². The molecule has 0 saturated carbocycles. The van der Waals surface area contributed by atoms with Crippen LogP contribution in [-0.2, 0) is 34.9 Å². The zero-order valence-corrected chi connectivity index (χ0v) is 18.6. The smallest absolute Gasteiger partial charge is 0.462 e. The molecule has 1 heterocycles. The summed E-state index contributed by atoms with van der Waals surface area (Å²) in [5, 5.41) is 13.1. The first-order chi connectivity index (χ1) is 14.5. The number of alkyl carbamates (subject to hydrolysis) is 1. The molecule has 0 fully saturated rings. The summed E-state index contributed by atoms with van der Waals surface area (Å²) in [6, 6.07) is 5.52. The summed E-state index contributed by atoms with van der Waals surface area (Å²) in [4.78, 5) is 34.3. The highest BCUT2D eigenvalue weighted by Crippen LogP contribution is 2.25. The van der Waals surface area contributed by atoms with E-state index in [0.29, 0.717) is 18.3 Å².